The molecule has 0 saturated heterocycles. The Kier molecular flexibility index (Phi) is 4.81. The fraction of sp³-hybridized carbons (Fsp3) is 0.300. The van der Waals surface area contributed by atoms with Gasteiger partial charge in [-0.05, 0) is 49.4 Å². The first kappa shape index (κ1) is 16.1. The molecule has 1 N–H and O–H groups in total. The molecular weight excluding hydrogens is 298 g/mol. The summed E-state index contributed by atoms with van der Waals surface area (Å²) in [6, 6.07) is 19.2. The normalized spacial score (nSPS) is 14.5. The smallest absolute Gasteiger partial charge is 0.317 e. The first-order valence-corrected chi connectivity index (χ1v) is 8.29. The van der Waals surface area contributed by atoms with E-state index in [9.17, 15) is 4.79 Å². The van der Waals surface area contributed by atoms with Gasteiger partial charge in [0.05, 0.1) is 11.6 Å². The Morgan fingerprint density at radius 2 is 2.00 bits per heavy atom. The molecule has 0 aromatic heterocycles. The Morgan fingerprint density at radius 3 is 2.67 bits per heavy atom. The van der Waals surface area contributed by atoms with Gasteiger partial charge in [-0.1, -0.05) is 36.4 Å². The summed E-state index contributed by atoms with van der Waals surface area (Å²) in [6.45, 7) is 2.70. The van der Waals surface area contributed by atoms with Gasteiger partial charge in [0.1, 0.15) is 0 Å². The molecule has 2 aromatic rings. The van der Waals surface area contributed by atoms with Crippen LogP contribution in [0.25, 0.3) is 0 Å². The van der Waals surface area contributed by atoms with E-state index in [-0.39, 0.29) is 12.1 Å². The first-order chi connectivity index (χ1) is 11.7. The van der Waals surface area contributed by atoms with Gasteiger partial charge in [-0.2, -0.15) is 5.26 Å². The third-order valence-electron chi connectivity index (χ3n) is 4.50. The van der Waals surface area contributed by atoms with E-state index in [2.05, 4.69) is 18.3 Å². The zero-order chi connectivity index (χ0) is 16.9. The number of rotatable bonds is 5. The van der Waals surface area contributed by atoms with Crippen molar-refractivity contribution >= 4 is 11.7 Å². The minimum atomic E-state index is -0.117. The standard InChI is InChI=1S/C20H21N3O/c1-15(18-10-11-18)23(14-16-6-3-2-4-7-16)20(24)22-19-9-5-8-17(12-19)13-21/h2-9,12,15,18H,10-11,14H2,1H3,(H,22,24). The average Bonchev–Trinajstić information content (AvgIpc) is 3.45. The summed E-state index contributed by atoms with van der Waals surface area (Å²) in [6.07, 6.45) is 2.37. The molecule has 0 radical (unpaired) electrons. The van der Waals surface area contributed by atoms with Crippen molar-refractivity contribution in [1.29, 1.82) is 5.26 Å². The molecule has 0 aliphatic heterocycles. The van der Waals surface area contributed by atoms with Crippen LogP contribution in [0.3, 0.4) is 0 Å². The number of nitrogens with zero attached hydrogens (tertiary/aromatic N) is 2. The van der Waals surface area contributed by atoms with E-state index >= 15 is 0 Å². The van der Waals surface area contributed by atoms with Gasteiger partial charge in [0.2, 0.25) is 0 Å². The molecule has 0 heterocycles. The third-order valence-corrected chi connectivity index (χ3v) is 4.50. The van der Waals surface area contributed by atoms with Crippen molar-refractivity contribution in [3.63, 3.8) is 0 Å². The lowest BCUT2D eigenvalue weighted by Crippen LogP contribution is -2.42. The van der Waals surface area contributed by atoms with Crippen molar-refractivity contribution < 1.29 is 4.79 Å². The van der Waals surface area contributed by atoms with Gasteiger partial charge in [0, 0.05) is 18.3 Å². The predicted octanol–water partition coefficient (Wildman–Crippen LogP) is 4.39. The summed E-state index contributed by atoms with van der Waals surface area (Å²) >= 11 is 0. The number of amides is 2. The molecule has 1 unspecified atom stereocenters. The number of hydrogen-bond acceptors (Lipinski definition) is 2. The maximum atomic E-state index is 12.8. The van der Waals surface area contributed by atoms with Crippen LogP contribution in [0.4, 0.5) is 10.5 Å². The monoisotopic (exact) mass is 319 g/mol. The molecule has 122 valence electrons. The third kappa shape index (κ3) is 3.94. The van der Waals surface area contributed by atoms with Crippen LogP contribution in [0, 0.1) is 17.2 Å². The van der Waals surface area contributed by atoms with Crippen LogP contribution in [0.1, 0.15) is 30.9 Å². The highest BCUT2D eigenvalue weighted by Gasteiger charge is 2.34. The summed E-state index contributed by atoms with van der Waals surface area (Å²) < 4.78 is 0. The number of benzene rings is 2. The van der Waals surface area contributed by atoms with Crippen LogP contribution < -0.4 is 5.32 Å². The lowest BCUT2D eigenvalue weighted by atomic mass is 10.1. The van der Waals surface area contributed by atoms with Gasteiger partial charge in [-0.3, -0.25) is 0 Å². The molecule has 2 amide bonds. The summed E-state index contributed by atoms with van der Waals surface area (Å²) in [7, 11) is 0. The number of anilines is 1. The number of carbonyl (C=O) groups excluding carboxylic acids is 1. The maximum Gasteiger partial charge on any atom is 0.322 e. The summed E-state index contributed by atoms with van der Waals surface area (Å²) in [5, 5.41) is 11.9. The molecule has 1 atom stereocenters. The number of nitriles is 1. The van der Waals surface area contributed by atoms with Gasteiger partial charge in [0.25, 0.3) is 0 Å². The molecular formula is C20H21N3O. The molecule has 1 fully saturated rings. The van der Waals surface area contributed by atoms with E-state index in [4.69, 9.17) is 5.26 Å². The van der Waals surface area contributed by atoms with E-state index < -0.39 is 0 Å². The largest absolute Gasteiger partial charge is 0.322 e. The Balaban J connectivity index is 1.76. The zero-order valence-corrected chi connectivity index (χ0v) is 13.8. The molecule has 4 nitrogen and oxygen atoms in total. The predicted molar refractivity (Wildman–Crippen MR) is 94.3 cm³/mol. The fourth-order valence-corrected chi connectivity index (χ4v) is 2.88. The van der Waals surface area contributed by atoms with Crippen LogP contribution in [-0.4, -0.2) is 17.0 Å². The van der Waals surface area contributed by atoms with E-state index in [1.807, 2.05) is 35.2 Å². The van der Waals surface area contributed by atoms with Crippen molar-refractivity contribution in [2.45, 2.75) is 32.4 Å². The van der Waals surface area contributed by atoms with E-state index in [0.717, 1.165) is 5.56 Å². The van der Waals surface area contributed by atoms with Crippen molar-refractivity contribution in [2.24, 2.45) is 5.92 Å². The Bertz CT molecular complexity index is 747. The second kappa shape index (κ2) is 7.18. The summed E-state index contributed by atoms with van der Waals surface area (Å²) in [5.74, 6) is 0.588. The first-order valence-electron chi connectivity index (χ1n) is 8.29. The van der Waals surface area contributed by atoms with Gasteiger partial charge in [-0.25, -0.2) is 4.79 Å². The number of carbonyl (C=O) groups is 1. The van der Waals surface area contributed by atoms with Gasteiger partial charge in [-0.15, -0.1) is 0 Å². The maximum absolute atomic E-state index is 12.8. The molecule has 1 aliphatic rings. The molecule has 4 heteroatoms. The molecule has 3 rings (SSSR count). The van der Waals surface area contributed by atoms with Crippen molar-refractivity contribution in [1.82, 2.24) is 4.90 Å². The van der Waals surface area contributed by atoms with Gasteiger partial charge < -0.3 is 10.2 Å². The zero-order valence-electron chi connectivity index (χ0n) is 13.8. The molecule has 0 spiro atoms. The number of hydrogen-bond donors (Lipinski definition) is 1. The molecule has 1 saturated carbocycles. The summed E-state index contributed by atoms with van der Waals surface area (Å²) in [5.41, 5.74) is 2.31. The van der Waals surface area contributed by atoms with Crippen LogP contribution in [0.5, 0.6) is 0 Å². The highest BCUT2D eigenvalue weighted by atomic mass is 16.2. The SMILES string of the molecule is CC(C1CC1)N(Cc1ccccc1)C(=O)Nc1cccc(C#N)c1. The highest BCUT2D eigenvalue weighted by Crippen LogP contribution is 2.36. The van der Waals surface area contributed by atoms with Crippen molar-refractivity contribution in [2.75, 3.05) is 5.32 Å². The fourth-order valence-electron chi connectivity index (χ4n) is 2.88. The average molecular weight is 319 g/mol. The lowest BCUT2D eigenvalue weighted by molar-refractivity contribution is 0.181. The Morgan fingerprint density at radius 1 is 1.25 bits per heavy atom. The van der Waals surface area contributed by atoms with Gasteiger partial charge >= 0.3 is 6.03 Å². The number of nitrogens with one attached hydrogen (secondary N) is 1. The van der Waals surface area contributed by atoms with Gasteiger partial charge in [0.15, 0.2) is 0 Å². The molecule has 2 aromatic carbocycles. The quantitative estimate of drug-likeness (QED) is 0.888. The minimum Gasteiger partial charge on any atom is -0.317 e. The van der Waals surface area contributed by atoms with Crippen LogP contribution in [-0.2, 0) is 6.54 Å². The topological polar surface area (TPSA) is 56.1 Å². The van der Waals surface area contributed by atoms with Crippen LogP contribution >= 0.6 is 0 Å². The Hall–Kier alpha value is -2.80. The molecule has 1 aliphatic carbocycles. The van der Waals surface area contributed by atoms with E-state index in [1.54, 1.807) is 24.3 Å². The minimum absolute atomic E-state index is 0.117. The van der Waals surface area contributed by atoms with Crippen LogP contribution in [0.2, 0.25) is 0 Å². The second-order valence-corrected chi connectivity index (χ2v) is 6.31. The van der Waals surface area contributed by atoms with Crippen LogP contribution in [0.15, 0.2) is 54.6 Å². The van der Waals surface area contributed by atoms with Crippen molar-refractivity contribution in [3.8, 4) is 6.07 Å². The second-order valence-electron chi connectivity index (χ2n) is 6.31. The lowest BCUT2D eigenvalue weighted by Gasteiger charge is -2.29. The number of urea groups is 1. The van der Waals surface area contributed by atoms with Crippen molar-refractivity contribution in [3.05, 3.63) is 65.7 Å². The molecule has 24 heavy (non-hydrogen) atoms. The summed E-state index contributed by atoms with van der Waals surface area (Å²) in [4.78, 5) is 14.7. The van der Waals surface area contributed by atoms with E-state index in [0.29, 0.717) is 23.7 Å². The highest BCUT2D eigenvalue weighted by molar-refractivity contribution is 5.89. The molecule has 0 bridgehead atoms. The Labute approximate surface area is 142 Å². The van der Waals surface area contributed by atoms with E-state index in [1.165, 1.54) is 12.8 Å².